The Bertz CT molecular complexity index is 1240. The highest BCUT2D eigenvalue weighted by Crippen LogP contribution is 2.15. The van der Waals surface area contributed by atoms with Crippen molar-refractivity contribution in [2.75, 3.05) is 38.0 Å². The van der Waals surface area contributed by atoms with Gasteiger partial charge < -0.3 is 30.5 Å². The summed E-state index contributed by atoms with van der Waals surface area (Å²) < 4.78 is 6.84. The number of ether oxygens (including phenoxy) is 1. The third-order valence-electron chi connectivity index (χ3n) is 6.34. The smallest absolute Gasteiger partial charge is 0.410 e. The van der Waals surface area contributed by atoms with Gasteiger partial charge in [0, 0.05) is 58.0 Å². The number of aromatic nitrogens is 2. The predicted octanol–water partition coefficient (Wildman–Crippen LogP) is 1.31. The molecule has 0 spiro atoms. The summed E-state index contributed by atoms with van der Waals surface area (Å²) in [6, 6.07) is 7.69. The number of amides is 5. The van der Waals surface area contributed by atoms with Crippen LogP contribution in [0.1, 0.15) is 50.2 Å². The number of hydrogen-bond donors (Lipinski definition) is 3. The van der Waals surface area contributed by atoms with E-state index in [1.807, 2.05) is 0 Å². The van der Waals surface area contributed by atoms with Crippen LogP contribution in [-0.4, -0.2) is 93.7 Å². The molecular weight excluding hydrogens is 530 g/mol. The molecule has 1 aromatic heterocycles. The minimum atomic E-state index is -0.779. The molecule has 2 heterocycles. The van der Waals surface area contributed by atoms with Crippen LogP contribution in [0.4, 0.5) is 10.5 Å². The fourth-order valence-corrected chi connectivity index (χ4v) is 4.17. The molecule has 0 bridgehead atoms. The van der Waals surface area contributed by atoms with E-state index in [9.17, 15) is 24.0 Å². The van der Waals surface area contributed by atoms with Crippen molar-refractivity contribution < 1.29 is 28.7 Å². The second-order valence-corrected chi connectivity index (χ2v) is 10.7. The van der Waals surface area contributed by atoms with Gasteiger partial charge in [-0.2, -0.15) is 5.10 Å². The van der Waals surface area contributed by atoms with Gasteiger partial charge in [0.15, 0.2) is 0 Å². The molecule has 13 nitrogen and oxygen atoms in total. The lowest BCUT2D eigenvalue weighted by Gasteiger charge is -2.37. The van der Waals surface area contributed by atoms with E-state index in [0.717, 1.165) is 5.56 Å². The van der Waals surface area contributed by atoms with Crippen LogP contribution in [0.25, 0.3) is 0 Å². The Morgan fingerprint density at radius 2 is 1.59 bits per heavy atom. The van der Waals surface area contributed by atoms with Crippen molar-refractivity contribution in [2.24, 2.45) is 7.05 Å². The Hall–Kier alpha value is -4.42. The first-order valence-electron chi connectivity index (χ1n) is 13.6. The van der Waals surface area contributed by atoms with Crippen molar-refractivity contribution in [2.45, 2.75) is 52.2 Å². The number of piperazine rings is 1. The summed E-state index contributed by atoms with van der Waals surface area (Å²) in [7, 11) is 1.63. The summed E-state index contributed by atoms with van der Waals surface area (Å²) >= 11 is 0. The van der Waals surface area contributed by atoms with Crippen LogP contribution in [0.5, 0.6) is 0 Å². The lowest BCUT2D eigenvalue weighted by molar-refractivity contribution is -0.137. The molecule has 0 unspecified atom stereocenters. The number of carbonyl (C=O) groups is 5. The Morgan fingerprint density at radius 1 is 0.951 bits per heavy atom. The van der Waals surface area contributed by atoms with Crippen LogP contribution < -0.4 is 16.0 Å². The number of carbonyl (C=O) groups excluding carboxylic acids is 5. The van der Waals surface area contributed by atoms with E-state index in [-0.39, 0.29) is 31.2 Å². The topological polar surface area (TPSA) is 155 Å². The summed E-state index contributed by atoms with van der Waals surface area (Å²) in [5, 5.41) is 12.0. The summed E-state index contributed by atoms with van der Waals surface area (Å²) in [6.45, 7) is 8.25. The molecule has 1 aromatic carbocycles. The molecule has 2 aromatic rings. The van der Waals surface area contributed by atoms with Gasteiger partial charge in [0.25, 0.3) is 5.91 Å². The van der Waals surface area contributed by atoms with Gasteiger partial charge >= 0.3 is 6.09 Å². The molecular formula is C28H39N7O6. The van der Waals surface area contributed by atoms with Crippen LogP contribution in [0, 0.1) is 0 Å². The summed E-state index contributed by atoms with van der Waals surface area (Å²) in [6.07, 6.45) is 1.57. The van der Waals surface area contributed by atoms with Crippen molar-refractivity contribution in [1.29, 1.82) is 0 Å². The van der Waals surface area contributed by atoms with Gasteiger partial charge in [-0.25, -0.2) is 4.79 Å². The van der Waals surface area contributed by atoms with Crippen LogP contribution in [0.15, 0.2) is 36.5 Å². The zero-order chi connectivity index (χ0) is 30.2. The highest BCUT2D eigenvalue weighted by molar-refractivity contribution is 5.98. The fraction of sp³-hybridized carbons (Fsp3) is 0.500. The lowest BCUT2D eigenvalue weighted by atomic mass is 10.0. The van der Waals surface area contributed by atoms with E-state index in [0.29, 0.717) is 37.6 Å². The molecule has 1 fully saturated rings. The van der Waals surface area contributed by atoms with Crippen molar-refractivity contribution >= 4 is 35.4 Å². The number of nitrogens with one attached hydrogen (secondary N) is 3. The van der Waals surface area contributed by atoms with Crippen molar-refractivity contribution in [3.05, 3.63) is 47.8 Å². The quantitative estimate of drug-likeness (QED) is 0.411. The predicted molar refractivity (Wildman–Crippen MR) is 151 cm³/mol. The molecule has 0 aliphatic carbocycles. The molecule has 0 saturated carbocycles. The number of nitrogens with zero attached hydrogens (tertiary/aromatic N) is 4. The minimum Gasteiger partial charge on any atom is -0.444 e. The van der Waals surface area contributed by atoms with E-state index >= 15 is 0 Å². The molecule has 0 radical (unpaired) electrons. The first-order chi connectivity index (χ1) is 19.4. The van der Waals surface area contributed by atoms with E-state index in [1.165, 1.54) is 10.9 Å². The third-order valence-corrected chi connectivity index (χ3v) is 6.34. The first-order valence-corrected chi connectivity index (χ1v) is 13.6. The largest absolute Gasteiger partial charge is 0.444 e. The normalized spacial score (nSPS) is 14.2. The van der Waals surface area contributed by atoms with Crippen LogP contribution >= 0.6 is 0 Å². The second-order valence-electron chi connectivity index (χ2n) is 10.7. The fourth-order valence-electron chi connectivity index (χ4n) is 4.17. The maximum absolute atomic E-state index is 13.4. The molecule has 13 heteroatoms. The summed E-state index contributed by atoms with van der Waals surface area (Å²) in [4.78, 5) is 65.7. The highest BCUT2D eigenvalue weighted by atomic mass is 16.6. The first kappa shape index (κ1) is 31.1. The Labute approximate surface area is 239 Å². The average molecular weight is 570 g/mol. The van der Waals surface area contributed by atoms with E-state index in [4.69, 9.17) is 4.74 Å². The van der Waals surface area contributed by atoms with Crippen molar-refractivity contribution in [3.63, 3.8) is 0 Å². The van der Waals surface area contributed by atoms with Gasteiger partial charge in [-0.15, -0.1) is 0 Å². The number of aryl methyl sites for hydroxylation is 1. The van der Waals surface area contributed by atoms with Gasteiger partial charge in [-0.1, -0.05) is 19.1 Å². The zero-order valence-electron chi connectivity index (χ0n) is 24.2. The van der Waals surface area contributed by atoms with Gasteiger partial charge in [0.2, 0.25) is 17.7 Å². The van der Waals surface area contributed by atoms with Gasteiger partial charge in [-0.05, 0) is 44.5 Å². The number of hydrogen-bond acceptors (Lipinski definition) is 7. The van der Waals surface area contributed by atoms with Gasteiger partial charge in [0.05, 0.1) is 6.54 Å². The summed E-state index contributed by atoms with van der Waals surface area (Å²) in [5.74, 6) is -1.28. The maximum atomic E-state index is 13.4. The van der Waals surface area contributed by atoms with Crippen molar-refractivity contribution in [3.8, 4) is 0 Å². The molecule has 1 aliphatic rings. The molecule has 3 N–H and O–H groups in total. The van der Waals surface area contributed by atoms with Crippen molar-refractivity contribution in [1.82, 2.24) is 30.2 Å². The maximum Gasteiger partial charge on any atom is 0.410 e. The van der Waals surface area contributed by atoms with Crippen LogP contribution in [0.2, 0.25) is 0 Å². The van der Waals surface area contributed by atoms with E-state index in [1.54, 1.807) is 74.9 Å². The van der Waals surface area contributed by atoms with E-state index < -0.39 is 29.6 Å². The Balaban J connectivity index is 1.55. The van der Waals surface area contributed by atoms with E-state index in [2.05, 4.69) is 21.0 Å². The SMILES string of the molecule is CCC(=O)N[C@H](Cc1ccc(NC(=O)CNC(=O)c2ccnn2C)cc1)C(=O)N1CCN(C(=O)OC(C)(C)C)CC1. The minimum absolute atomic E-state index is 0.216. The standard InChI is InChI=1S/C28H39N7O6/c1-6-23(36)32-21(26(39)34-13-15-35(16-14-34)27(40)41-28(2,3)4)17-19-7-9-20(10-8-19)31-24(37)18-29-25(38)22-11-12-30-33(22)5/h7-12,21H,6,13-18H2,1-5H3,(H,29,38)(H,31,37)(H,32,36)/t21-/m1/s1. The van der Waals surface area contributed by atoms with Crippen LogP contribution in [0.3, 0.4) is 0 Å². The molecule has 222 valence electrons. The molecule has 41 heavy (non-hydrogen) atoms. The van der Waals surface area contributed by atoms with Gasteiger partial charge in [0.1, 0.15) is 17.3 Å². The number of benzene rings is 1. The summed E-state index contributed by atoms with van der Waals surface area (Å²) in [5.41, 5.74) is 1.04. The monoisotopic (exact) mass is 569 g/mol. The Morgan fingerprint density at radius 3 is 2.15 bits per heavy atom. The van der Waals surface area contributed by atoms with Gasteiger partial charge in [-0.3, -0.25) is 23.9 Å². The second kappa shape index (κ2) is 13.8. The zero-order valence-corrected chi connectivity index (χ0v) is 24.2. The highest BCUT2D eigenvalue weighted by Gasteiger charge is 2.31. The molecule has 1 atom stereocenters. The molecule has 5 amide bonds. The number of rotatable bonds is 9. The molecule has 3 rings (SSSR count). The number of anilines is 1. The molecule has 1 aliphatic heterocycles. The van der Waals surface area contributed by atoms with Crippen LogP contribution in [-0.2, 0) is 32.6 Å². The molecule has 1 saturated heterocycles. The lowest BCUT2D eigenvalue weighted by Crippen LogP contribution is -2.56. The Kier molecular flexibility index (Phi) is 10.5. The average Bonchev–Trinajstić information content (AvgIpc) is 3.36. The third kappa shape index (κ3) is 9.33.